The van der Waals surface area contributed by atoms with Gasteiger partial charge in [0.1, 0.15) is 0 Å². The van der Waals surface area contributed by atoms with Crippen molar-refractivity contribution in [2.24, 2.45) is 9.98 Å². The number of halogens is 4. The van der Waals surface area contributed by atoms with Gasteiger partial charge in [0.15, 0.2) is 5.84 Å². The molecule has 1 unspecified atom stereocenters. The highest BCUT2D eigenvalue weighted by molar-refractivity contribution is 6.77. The van der Waals surface area contributed by atoms with Crippen LogP contribution in [-0.4, -0.2) is 15.3 Å². The molecule has 1 aliphatic heterocycles. The van der Waals surface area contributed by atoms with Crippen LogP contribution in [0.15, 0.2) is 70.6 Å². The summed E-state index contributed by atoms with van der Waals surface area (Å²) in [7, 11) is 0. The lowest BCUT2D eigenvalue weighted by Gasteiger charge is -2.21. The van der Waals surface area contributed by atoms with E-state index in [2.05, 4.69) is 9.98 Å². The molecule has 0 fully saturated rings. The van der Waals surface area contributed by atoms with E-state index in [4.69, 9.17) is 46.4 Å². The predicted octanol–water partition coefficient (Wildman–Crippen LogP) is 5.35. The number of rotatable bonds is 2. The Morgan fingerprint density at radius 2 is 1.36 bits per heavy atom. The normalized spacial score (nSPS) is 21.5. The van der Waals surface area contributed by atoms with Crippen LogP contribution < -0.4 is 0 Å². The van der Waals surface area contributed by atoms with E-state index >= 15 is 0 Å². The molecule has 22 heavy (non-hydrogen) atoms. The lowest BCUT2D eigenvalue weighted by Crippen LogP contribution is -2.26. The van der Waals surface area contributed by atoms with E-state index < -0.39 is 8.79 Å². The monoisotopic (exact) mass is 370 g/mol. The molecule has 2 aromatic rings. The summed E-state index contributed by atoms with van der Waals surface area (Å²) in [5, 5.41) is 0. The van der Waals surface area contributed by atoms with Crippen LogP contribution in [0.4, 0.5) is 0 Å². The SMILES string of the molecule is ClC(Cl)(Cl)C1=NC(Cl)(c2ccccc2)C(c2ccccc2)=N1. The van der Waals surface area contributed by atoms with Crippen LogP contribution in [0.3, 0.4) is 0 Å². The van der Waals surface area contributed by atoms with Gasteiger partial charge in [-0.3, -0.25) is 0 Å². The van der Waals surface area contributed by atoms with Gasteiger partial charge in [-0.1, -0.05) is 107 Å². The molecule has 1 atom stereocenters. The van der Waals surface area contributed by atoms with Crippen molar-refractivity contribution in [3.63, 3.8) is 0 Å². The Balaban J connectivity index is 2.18. The van der Waals surface area contributed by atoms with E-state index in [1.807, 2.05) is 60.7 Å². The lowest BCUT2D eigenvalue weighted by atomic mass is 9.97. The van der Waals surface area contributed by atoms with Crippen molar-refractivity contribution in [3.05, 3.63) is 71.8 Å². The number of hydrogen-bond donors (Lipinski definition) is 0. The molecular formula is C16H10Cl4N2. The first-order chi connectivity index (χ1) is 10.4. The van der Waals surface area contributed by atoms with Crippen LogP contribution in [0.1, 0.15) is 11.1 Å². The number of amidine groups is 1. The summed E-state index contributed by atoms with van der Waals surface area (Å²) in [5.41, 5.74) is 2.14. The molecule has 0 bridgehead atoms. The van der Waals surface area contributed by atoms with Gasteiger partial charge in [0.2, 0.25) is 8.79 Å². The van der Waals surface area contributed by atoms with Gasteiger partial charge in [-0.15, -0.1) is 0 Å². The van der Waals surface area contributed by atoms with Gasteiger partial charge in [0, 0.05) is 11.1 Å². The summed E-state index contributed by atoms with van der Waals surface area (Å²) in [6.45, 7) is 0. The fourth-order valence-corrected chi connectivity index (χ4v) is 2.85. The highest BCUT2D eigenvalue weighted by atomic mass is 35.6. The maximum absolute atomic E-state index is 6.80. The van der Waals surface area contributed by atoms with Crippen molar-refractivity contribution in [2.75, 3.05) is 0 Å². The molecule has 0 N–H and O–H groups in total. The average molecular weight is 372 g/mol. The summed E-state index contributed by atoms with van der Waals surface area (Å²) in [5.74, 6) is 0.0789. The van der Waals surface area contributed by atoms with Gasteiger partial charge in [-0.05, 0) is 0 Å². The molecule has 3 rings (SSSR count). The Morgan fingerprint density at radius 1 is 0.818 bits per heavy atom. The van der Waals surface area contributed by atoms with E-state index in [1.54, 1.807) is 0 Å². The summed E-state index contributed by atoms with van der Waals surface area (Å²) in [6, 6.07) is 18.9. The molecule has 1 aliphatic rings. The third kappa shape index (κ3) is 2.89. The van der Waals surface area contributed by atoms with Crippen molar-refractivity contribution in [3.8, 4) is 0 Å². The summed E-state index contributed by atoms with van der Waals surface area (Å²) < 4.78 is -1.73. The third-order valence-electron chi connectivity index (χ3n) is 3.25. The first-order valence-corrected chi connectivity index (χ1v) is 7.98. The Labute approximate surface area is 148 Å². The zero-order chi connectivity index (χ0) is 15.8. The minimum Gasteiger partial charge on any atom is -0.232 e. The number of aliphatic imine (C=N–C) groups is 2. The molecule has 0 aromatic heterocycles. The fraction of sp³-hybridized carbons (Fsp3) is 0.125. The predicted molar refractivity (Wildman–Crippen MR) is 94.7 cm³/mol. The fourth-order valence-electron chi connectivity index (χ4n) is 2.24. The molecule has 0 saturated heterocycles. The highest BCUT2D eigenvalue weighted by Crippen LogP contribution is 2.43. The van der Waals surface area contributed by atoms with E-state index in [9.17, 15) is 0 Å². The van der Waals surface area contributed by atoms with E-state index in [-0.39, 0.29) is 5.84 Å². The van der Waals surface area contributed by atoms with E-state index in [0.717, 1.165) is 11.1 Å². The van der Waals surface area contributed by atoms with Crippen molar-refractivity contribution in [1.82, 2.24) is 0 Å². The molecule has 2 aromatic carbocycles. The second-order valence-corrected chi connectivity index (χ2v) is 7.58. The molecule has 0 amide bonds. The number of benzene rings is 2. The molecule has 2 nitrogen and oxygen atoms in total. The number of nitrogens with zero attached hydrogens (tertiary/aromatic N) is 2. The van der Waals surface area contributed by atoms with Crippen molar-refractivity contribution in [2.45, 2.75) is 8.79 Å². The molecule has 0 spiro atoms. The van der Waals surface area contributed by atoms with E-state index in [0.29, 0.717) is 5.71 Å². The zero-order valence-electron chi connectivity index (χ0n) is 11.2. The van der Waals surface area contributed by atoms with Crippen LogP contribution in [0.5, 0.6) is 0 Å². The van der Waals surface area contributed by atoms with Gasteiger partial charge in [-0.2, -0.15) is 0 Å². The van der Waals surface area contributed by atoms with Gasteiger partial charge in [0.25, 0.3) is 0 Å². The molecular weight excluding hydrogens is 362 g/mol. The Bertz CT molecular complexity index is 736. The maximum Gasteiger partial charge on any atom is 0.249 e. The molecule has 112 valence electrons. The largest absolute Gasteiger partial charge is 0.249 e. The Kier molecular flexibility index (Phi) is 4.21. The standard InChI is InChI=1S/C16H10Cl4N2/c17-15(12-9-5-2-6-10-12)13(11-7-3-1-4-8-11)21-14(22-15)16(18,19)20/h1-10H. The van der Waals surface area contributed by atoms with Crippen LogP contribution >= 0.6 is 46.4 Å². The maximum atomic E-state index is 6.80. The minimum atomic E-state index is -1.73. The van der Waals surface area contributed by atoms with Crippen LogP contribution in [-0.2, 0) is 5.00 Å². The average Bonchev–Trinajstić information content (AvgIpc) is 2.88. The number of alkyl halides is 4. The molecule has 6 heteroatoms. The van der Waals surface area contributed by atoms with Gasteiger partial charge >= 0.3 is 0 Å². The smallest absolute Gasteiger partial charge is 0.232 e. The van der Waals surface area contributed by atoms with Crippen molar-refractivity contribution >= 4 is 58.0 Å². The molecule has 0 radical (unpaired) electrons. The van der Waals surface area contributed by atoms with Crippen LogP contribution in [0.2, 0.25) is 0 Å². The van der Waals surface area contributed by atoms with Gasteiger partial charge in [0.05, 0.1) is 5.71 Å². The Hall–Kier alpha value is -1.06. The first kappa shape index (κ1) is 15.8. The second kappa shape index (κ2) is 5.86. The zero-order valence-corrected chi connectivity index (χ0v) is 14.2. The minimum absolute atomic E-state index is 0.0789. The number of hydrogen-bond acceptors (Lipinski definition) is 2. The quantitative estimate of drug-likeness (QED) is 0.502. The van der Waals surface area contributed by atoms with Crippen LogP contribution in [0.25, 0.3) is 0 Å². The van der Waals surface area contributed by atoms with Crippen molar-refractivity contribution < 1.29 is 0 Å². The Morgan fingerprint density at radius 3 is 1.91 bits per heavy atom. The second-order valence-electron chi connectivity index (χ2n) is 4.75. The summed E-state index contributed by atoms with van der Waals surface area (Å²) in [6.07, 6.45) is 0. The summed E-state index contributed by atoms with van der Waals surface area (Å²) in [4.78, 5) is 7.59. The van der Waals surface area contributed by atoms with Gasteiger partial charge in [-0.25, -0.2) is 9.98 Å². The molecule has 1 heterocycles. The summed E-state index contributed by atoms with van der Waals surface area (Å²) >= 11 is 24.6. The third-order valence-corrected chi connectivity index (χ3v) is 4.24. The van der Waals surface area contributed by atoms with Crippen LogP contribution in [0, 0.1) is 0 Å². The van der Waals surface area contributed by atoms with Crippen molar-refractivity contribution in [1.29, 1.82) is 0 Å². The first-order valence-electron chi connectivity index (χ1n) is 6.47. The lowest BCUT2D eigenvalue weighted by molar-refractivity contribution is 0.882. The highest BCUT2D eigenvalue weighted by Gasteiger charge is 2.45. The van der Waals surface area contributed by atoms with E-state index in [1.165, 1.54) is 0 Å². The van der Waals surface area contributed by atoms with Gasteiger partial charge < -0.3 is 0 Å². The molecule has 0 aliphatic carbocycles. The topological polar surface area (TPSA) is 24.7 Å². The molecule has 0 saturated carbocycles.